The van der Waals surface area contributed by atoms with Crippen LogP contribution in [-0.4, -0.2) is 56.8 Å². The standard InChI is InChI=1S/C21H25F3N8O3/c1-12(28-15-10-27-30-19(34)17(15)21(22,23)24)11-35-31-16(33)8-13-3-6-32(7-4-13)20-26-9-14-2-5-25-18(14)29-20/h2,5,9-10,12-13H,3-4,6-8,11H2,1H3,(H,31,33)(H,25,26,29)(H2,28,30,34). The van der Waals surface area contributed by atoms with Gasteiger partial charge in [-0.15, -0.1) is 0 Å². The molecule has 0 radical (unpaired) electrons. The zero-order chi connectivity index (χ0) is 25.0. The highest BCUT2D eigenvalue weighted by Crippen LogP contribution is 2.31. The zero-order valence-corrected chi connectivity index (χ0v) is 18.9. The van der Waals surface area contributed by atoms with E-state index in [1.54, 1.807) is 18.2 Å². The lowest BCUT2D eigenvalue weighted by Gasteiger charge is -2.31. The Kier molecular flexibility index (Phi) is 7.19. The molecule has 14 heteroatoms. The molecule has 188 valence electrons. The third-order valence-electron chi connectivity index (χ3n) is 5.72. The average molecular weight is 494 g/mol. The number of alkyl halides is 3. The summed E-state index contributed by atoms with van der Waals surface area (Å²) in [6.07, 6.45) is 1.46. The first-order valence-electron chi connectivity index (χ1n) is 11.1. The van der Waals surface area contributed by atoms with E-state index in [1.165, 1.54) is 0 Å². The van der Waals surface area contributed by atoms with Gasteiger partial charge in [-0.05, 0) is 31.7 Å². The molecule has 0 saturated carbocycles. The number of halogens is 3. The number of piperidine rings is 1. The fraction of sp³-hybridized carbons (Fsp3) is 0.476. The summed E-state index contributed by atoms with van der Waals surface area (Å²) in [6, 6.07) is 1.27. The van der Waals surface area contributed by atoms with Crippen LogP contribution >= 0.6 is 0 Å². The number of carbonyl (C=O) groups excluding carboxylic acids is 1. The second-order valence-corrected chi connectivity index (χ2v) is 8.45. The molecule has 3 aromatic rings. The van der Waals surface area contributed by atoms with Crippen molar-refractivity contribution >= 4 is 28.6 Å². The first kappa shape index (κ1) is 24.4. The first-order valence-corrected chi connectivity index (χ1v) is 11.1. The summed E-state index contributed by atoms with van der Waals surface area (Å²) in [7, 11) is 0. The van der Waals surface area contributed by atoms with E-state index in [0.717, 1.165) is 43.2 Å². The molecule has 1 atom stereocenters. The molecule has 1 saturated heterocycles. The molecule has 1 unspecified atom stereocenters. The fourth-order valence-corrected chi connectivity index (χ4v) is 3.97. The number of nitrogens with zero attached hydrogens (tertiary/aromatic N) is 4. The maximum absolute atomic E-state index is 13.1. The third-order valence-corrected chi connectivity index (χ3v) is 5.72. The number of nitrogens with one attached hydrogen (secondary N) is 4. The van der Waals surface area contributed by atoms with Crippen molar-refractivity contribution in [2.75, 3.05) is 29.9 Å². The van der Waals surface area contributed by atoms with Gasteiger partial charge in [0.15, 0.2) is 0 Å². The van der Waals surface area contributed by atoms with Crippen molar-refractivity contribution in [1.29, 1.82) is 0 Å². The molecular weight excluding hydrogens is 469 g/mol. The fourth-order valence-electron chi connectivity index (χ4n) is 3.97. The number of aromatic amines is 2. The molecule has 4 rings (SSSR count). The average Bonchev–Trinajstić information content (AvgIpc) is 3.26. The summed E-state index contributed by atoms with van der Waals surface area (Å²) in [5.74, 6) is 0.501. The number of carbonyl (C=O) groups is 1. The van der Waals surface area contributed by atoms with Crippen molar-refractivity contribution < 1.29 is 22.8 Å². The number of fused-ring (bicyclic) bond motifs is 1. The molecule has 1 amide bonds. The van der Waals surface area contributed by atoms with Gasteiger partial charge in [0.05, 0.1) is 18.5 Å². The minimum absolute atomic E-state index is 0.118. The molecule has 4 heterocycles. The van der Waals surface area contributed by atoms with E-state index in [2.05, 4.69) is 35.7 Å². The topological polar surface area (TPSA) is 141 Å². The summed E-state index contributed by atoms with van der Waals surface area (Å²) >= 11 is 0. The smallest absolute Gasteiger partial charge is 0.378 e. The Morgan fingerprint density at radius 2 is 2.09 bits per heavy atom. The molecular formula is C21H25F3N8O3. The lowest BCUT2D eigenvalue weighted by molar-refractivity contribution is -0.138. The minimum Gasteiger partial charge on any atom is -0.378 e. The van der Waals surface area contributed by atoms with Crippen molar-refractivity contribution in [1.82, 2.24) is 30.6 Å². The van der Waals surface area contributed by atoms with Gasteiger partial charge in [0.2, 0.25) is 11.9 Å². The Balaban J connectivity index is 1.19. The van der Waals surface area contributed by atoms with Gasteiger partial charge in [-0.1, -0.05) is 0 Å². The lowest BCUT2D eigenvalue weighted by atomic mass is 9.93. The van der Waals surface area contributed by atoms with Crippen LogP contribution in [0.1, 0.15) is 31.7 Å². The Morgan fingerprint density at radius 3 is 2.83 bits per heavy atom. The highest BCUT2D eigenvalue weighted by atomic mass is 19.4. The van der Waals surface area contributed by atoms with Gasteiger partial charge in [0.1, 0.15) is 11.2 Å². The maximum Gasteiger partial charge on any atom is 0.423 e. The Bertz CT molecular complexity index is 1220. The highest BCUT2D eigenvalue weighted by molar-refractivity contribution is 5.75. The monoisotopic (exact) mass is 494 g/mol. The van der Waals surface area contributed by atoms with Crippen LogP contribution < -0.4 is 21.3 Å². The summed E-state index contributed by atoms with van der Waals surface area (Å²) in [4.78, 5) is 43.0. The van der Waals surface area contributed by atoms with E-state index in [9.17, 15) is 22.8 Å². The van der Waals surface area contributed by atoms with Gasteiger partial charge in [-0.3, -0.25) is 14.4 Å². The van der Waals surface area contributed by atoms with E-state index >= 15 is 0 Å². The molecule has 11 nitrogen and oxygen atoms in total. The zero-order valence-electron chi connectivity index (χ0n) is 18.9. The Hall–Kier alpha value is -3.68. The van der Waals surface area contributed by atoms with E-state index < -0.39 is 29.0 Å². The van der Waals surface area contributed by atoms with Gasteiger partial charge in [0, 0.05) is 43.3 Å². The first-order chi connectivity index (χ1) is 16.7. The van der Waals surface area contributed by atoms with Crippen LogP contribution in [0, 0.1) is 5.92 Å². The van der Waals surface area contributed by atoms with Crippen molar-refractivity contribution in [3.63, 3.8) is 0 Å². The highest BCUT2D eigenvalue weighted by Gasteiger charge is 2.37. The van der Waals surface area contributed by atoms with E-state index in [4.69, 9.17) is 4.84 Å². The number of hydrogen-bond acceptors (Lipinski definition) is 8. The summed E-state index contributed by atoms with van der Waals surface area (Å²) in [6.45, 7) is 2.87. The molecule has 35 heavy (non-hydrogen) atoms. The van der Waals surface area contributed by atoms with E-state index in [1.807, 2.05) is 12.3 Å². The molecule has 0 spiro atoms. The summed E-state index contributed by atoms with van der Waals surface area (Å²) < 4.78 is 39.4. The molecule has 0 aromatic carbocycles. The lowest BCUT2D eigenvalue weighted by Crippen LogP contribution is -2.37. The molecule has 3 aromatic heterocycles. The van der Waals surface area contributed by atoms with Crippen molar-refractivity contribution in [3.05, 3.63) is 40.6 Å². The minimum atomic E-state index is -4.84. The van der Waals surface area contributed by atoms with Crippen LogP contribution in [0.25, 0.3) is 11.0 Å². The molecule has 4 N–H and O–H groups in total. The predicted molar refractivity (Wildman–Crippen MR) is 120 cm³/mol. The third kappa shape index (κ3) is 6.07. The van der Waals surface area contributed by atoms with Crippen LogP contribution in [0.3, 0.4) is 0 Å². The normalized spacial score (nSPS) is 15.8. The van der Waals surface area contributed by atoms with Gasteiger partial charge < -0.3 is 15.2 Å². The summed E-state index contributed by atoms with van der Waals surface area (Å²) in [5, 5.41) is 8.66. The van der Waals surface area contributed by atoms with Gasteiger partial charge in [-0.25, -0.2) is 15.6 Å². The summed E-state index contributed by atoms with van der Waals surface area (Å²) in [5.41, 5.74) is -0.0563. The van der Waals surface area contributed by atoms with Crippen LogP contribution in [0.4, 0.5) is 24.8 Å². The van der Waals surface area contributed by atoms with Crippen LogP contribution in [-0.2, 0) is 15.8 Å². The Morgan fingerprint density at radius 1 is 1.31 bits per heavy atom. The maximum atomic E-state index is 13.1. The second-order valence-electron chi connectivity index (χ2n) is 8.45. The quantitative estimate of drug-likeness (QED) is 0.350. The van der Waals surface area contributed by atoms with Crippen LogP contribution in [0.5, 0.6) is 0 Å². The number of amides is 1. The number of aromatic nitrogens is 5. The number of anilines is 2. The van der Waals surface area contributed by atoms with Crippen molar-refractivity contribution in [2.24, 2.45) is 5.92 Å². The largest absolute Gasteiger partial charge is 0.423 e. The SMILES string of the molecule is CC(CONC(=O)CC1CCN(c2ncc3cc[nH]c3n2)CC1)Nc1cn[nH]c(=O)c1C(F)(F)F. The number of hydroxylamine groups is 1. The van der Waals surface area contributed by atoms with Crippen LogP contribution in [0.15, 0.2) is 29.5 Å². The number of H-pyrrole nitrogens is 2. The molecule has 0 bridgehead atoms. The molecule has 1 aliphatic rings. The molecule has 0 aliphatic carbocycles. The van der Waals surface area contributed by atoms with Gasteiger partial charge >= 0.3 is 6.18 Å². The van der Waals surface area contributed by atoms with Crippen molar-refractivity contribution in [2.45, 2.75) is 38.4 Å². The number of rotatable bonds is 8. The Labute approximate surface area is 197 Å². The second kappa shape index (κ2) is 10.3. The van der Waals surface area contributed by atoms with Crippen LogP contribution in [0.2, 0.25) is 0 Å². The van der Waals surface area contributed by atoms with Crippen molar-refractivity contribution in [3.8, 4) is 0 Å². The van der Waals surface area contributed by atoms with E-state index in [-0.39, 0.29) is 24.9 Å². The predicted octanol–water partition coefficient (Wildman–Crippen LogP) is 2.21. The van der Waals surface area contributed by atoms with E-state index in [0.29, 0.717) is 5.95 Å². The number of hydrogen-bond donors (Lipinski definition) is 4. The molecule has 1 aliphatic heterocycles. The van der Waals surface area contributed by atoms with Gasteiger partial charge in [0.25, 0.3) is 5.56 Å². The molecule has 1 fully saturated rings. The van der Waals surface area contributed by atoms with Gasteiger partial charge in [-0.2, -0.15) is 23.3 Å².